The number of hydrogen-bond donors (Lipinski definition) is 2. The second-order valence-corrected chi connectivity index (χ2v) is 10.5. The van der Waals surface area contributed by atoms with Crippen LogP contribution in [-0.2, 0) is 24.1 Å². The molecule has 6 heteroatoms. The van der Waals surface area contributed by atoms with Gasteiger partial charge in [0.1, 0.15) is 5.82 Å². The molecule has 2 saturated carbocycles. The highest BCUT2D eigenvalue weighted by Crippen LogP contribution is 2.66. The van der Waals surface area contributed by atoms with E-state index in [-0.39, 0.29) is 23.6 Å². The number of nitrogens with zero attached hydrogens (tertiary/aromatic N) is 2. The van der Waals surface area contributed by atoms with Crippen molar-refractivity contribution in [3.8, 4) is 5.69 Å². The number of hydrogen-bond acceptors (Lipinski definition) is 3. The van der Waals surface area contributed by atoms with Crippen molar-refractivity contribution in [2.45, 2.75) is 57.0 Å². The van der Waals surface area contributed by atoms with Gasteiger partial charge in [0.05, 0.1) is 29.6 Å². The predicted octanol–water partition coefficient (Wildman–Crippen LogP) is 4.53. The van der Waals surface area contributed by atoms with Crippen LogP contribution >= 0.6 is 0 Å². The van der Waals surface area contributed by atoms with Gasteiger partial charge in [-0.25, -0.2) is 9.07 Å². The first-order valence-corrected chi connectivity index (χ1v) is 12.5. The maximum absolute atomic E-state index is 13.5. The monoisotopic (exact) mass is 471 g/mol. The first-order chi connectivity index (χ1) is 16.9. The summed E-state index contributed by atoms with van der Waals surface area (Å²) in [5.74, 6) is -0.127. The molecule has 1 amide bonds. The van der Waals surface area contributed by atoms with Crippen LogP contribution in [0.4, 0.5) is 4.39 Å². The number of aliphatic hydroxyl groups is 1. The Morgan fingerprint density at radius 1 is 1.14 bits per heavy atom. The van der Waals surface area contributed by atoms with Crippen molar-refractivity contribution in [3.63, 3.8) is 0 Å². The molecule has 3 aliphatic carbocycles. The summed E-state index contributed by atoms with van der Waals surface area (Å²) in [6.45, 7) is 0. The van der Waals surface area contributed by atoms with Crippen LogP contribution in [-0.4, -0.2) is 26.4 Å². The van der Waals surface area contributed by atoms with Crippen LogP contribution < -0.4 is 5.73 Å². The molecule has 0 radical (unpaired) electrons. The maximum Gasteiger partial charge on any atom is 0.221 e. The van der Waals surface area contributed by atoms with Gasteiger partial charge >= 0.3 is 0 Å². The Balaban J connectivity index is 1.33. The number of rotatable bonds is 7. The normalized spacial score (nSPS) is 25.1. The average molecular weight is 472 g/mol. The van der Waals surface area contributed by atoms with Crippen LogP contribution in [0.2, 0.25) is 0 Å². The van der Waals surface area contributed by atoms with E-state index in [0.717, 1.165) is 60.2 Å². The van der Waals surface area contributed by atoms with E-state index in [9.17, 15) is 14.3 Å². The quantitative estimate of drug-likeness (QED) is 0.531. The minimum Gasteiger partial charge on any atom is -0.389 e. The first-order valence-electron chi connectivity index (χ1n) is 12.5. The van der Waals surface area contributed by atoms with E-state index in [4.69, 9.17) is 5.73 Å². The Hall–Kier alpha value is -3.25. The number of benzene rings is 2. The van der Waals surface area contributed by atoms with Crippen LogP contribution in [0.15, 0.2) is 60.3 Å². The van der Waals surface area contributed by atoms with Crippen LogP contribution in [0.3, 0.4) is 0 Å². The largest absolute Gasteiger partial charge is 0.389 e. The van der Waals surface area contributed by atoms with Crippen molar-refractivity contribution < 1.29 is 14.3 Å². The van der Waals surface area contributed by atoms with Crippen molar-refractivity contribution in [1.29, 1.82) is 0 Å². The third-order valence-corrected chi connectivity index (χ3v) is 8.51. The fourth-order valence-corrected chi connectivity index (χ4v) is 6.71. The minimum atomic E-state index is -0.810. The summed E-state index contributed by atoms with van der Waals surface area (Å²) in [4.78, 5) is 11.6. The van der Waals surface area contributed by atoms with Crippen LogP contribution in [0, 0.1) is 17.2 Å². The number of nitrogens with two attached hydrogens (primary N) is 1. The van der Waals surface area contributed by atoms with Crippen molar-refractivity contribution >= 4 is 12.0 Å². The molecule has 2 aromatic carbocycles. The highest BCUT2D eigenvalue weighted by molar-refractivity contribution is 5.77. The number of carbonyl (C=O) groups is 1. The molecule has 6 rings (SSSR count). The van der Waals surface area contributed by atoms with E-state index >= 15 is 0 Å². The standard InChI is InChI=1S/C29H30FN3O2/c30-24-7-9-25(10-8-24)33-26-16-23-12-14-28(35,29(23,22-5-6-22)17-21(26)18-32-33)13-11-19-3-1-2-4-20(19)15-27(31)34/h1-4,7-10,16,18,22,35H,5-6,11-15,17H2,(H2,31,34)/t28-,29-/m1/s1. The lowest BCUT2D eigenvalue weighted by molar-refractivity contribution is -0.117. The van der Waals surface area contributed by atoms with E-state index in [0.29, 0.717) is 18.8 Å². The van der Waals surface area contributed by atoms with Crippen molar-refractivity contribution in [2.75, 3.05) is 0 Å². The third-order valence-electron chi connectivity index (χ3n) is 8.51. The molecule has 2 fully saturated rings. The predicted molar refractivity (Wildman–Crippen MR) is 132 cm³/mol. The summed E-state index contributed by atoms with van der Waals surface area (Å²) in [5, 5.41) is 16.9. The fourth-order valence-electron chi connectivity index (χ4n) is 6.71. The number of fused-ring (bicyclic) bond motifs is 2. The molecule has 35 heavy (non-hydrogen) atoms. The number of aryl methyl sites for hydroxylation is 1. The lowest BCUT2D eigenvalue weighted by Gasteiger charge is -2.46. The smallest absolute Gasteiger partial charge is 0.221 e. The van der Waals surface area contributed by atoms with E-state index in [2.05, 4.69) is 11.2 Å². The molecule has 0 saturated heterocycles. The van der Waals surface area contributed by atoms with Crippen LogP contribution in [0.1, 0.15) is 54.5 Å². The summed E-state index contributed by atoms with van der Waals surface area (Å²) >= 11 is 0. The van der Waals surface area contributed by atoms with E-state index in [1.807, 2.05) is 35.1 Å². The molecule has 2 atom stereocenters. The molecule has 1 aromatic heterocycles. The highest BCUT2D eigenvalue weighted by Gasteiger charge is 2.63. The number of amides is 1. The molecule has 180 valence electrons. The van der Waals surface area contributed by atoms with Crippen molar-refractivity contribution in [3.05, 3.63) is 88.5 Å². The summed E-state index contributed by atoms with van der Waals surface area (Å²) in [6.07, 6.45) is 10.4. The van der Waals surface area contributed by atoms with Gasteiger partial charge in [-0.1, -0.05) is 29.8 Å². The Morgan fingerprint density at radius 3 is 2.60 bits per heavy atom. The Bertz CT molecular complexity index is 1320. The van der Waals surface area contributed by atoms with Gasteiger partial charge < -0.3 is 10.8 Å². The molecule has 3 N–H and O–H groups in total. The molecule has 0 unspecified atom stereocenters. The molecular formula is C29H30FN3O2. The summed E-state index contributed by atoms with van der Waals surface area (Å²) < 4.78 is 15.4. The fraction of sp³-hybridized carbons (Fsp3) is 0.379. The van der Waals surface area contributed by atoms with E-state index in [1.54, 1.807) is 12.1 Å². The van der Waals surface area contributed by atoms with Crippen LogP contribution in [0.25, 0.3) is 11.8 Å². The second-order valence-electron chi connectivity index (χ2n) is 10.5. The van der Waals surface area contributed by atoms with Gasteiger partial charge in [-0.3, -0.25) is 4.79 Å². The van der Waals surface area contributed by atoms with Gasteiger partial charge in [-0.15, -0.1) is 0 Å². The van der Waals surface area contributed by atoms with Gasteiger partial charge in [0.2, 0.25) is 5.91 Å². The van der Waals surface area contributed by atoms with Crippen LogP contribution in [0.5, 0.6) is 0 Å². The minimum absolute atomic E-state index is 0.222. The van der Waals surface area contributed by atoms with Crippen molar-refractivity contribution in [1.82, 2.24) is 9.78 Å². The summed E-state index contributed by atoms with van der Waals surface area (Å²) in [5.41, 5.74) is 10.8. The zero-order valence-electron chi connectivity index (χ0n) is 19.7. The SMILES string of the molecule is NC(=O)Cc1ccccc1CC[C@@]1(O)CCC2=Cc3c(cnn3-c3ccc(F)cc3)C[C@@]21C1CC1. The first kappa shape index (κ1) is 22.2. The Morgan fingerprint density at radius 2 is 1.89 bits per heavy atom. The zero-order chi connectivity index (χ0) is 24.2. The van der Waals surface area contributed by atoms with E-state index < -0.39 is 5.60 Å². The van der Waals surface area contributed by atoms with Gasteiger partial charge in [-0.2, -0.15) is 5.10 Å². The maximum atomic E-state index is 13.5. The number of carbonyl (C=O) groups excluding carboxylic acids is 1. The molecule has 3 aliphatic rings. The Labute approximate surface area is 204 Å². The lowest BCUT2D eigenvalue weighted by Crippen LogP contribution is -2.49. The zero-order valence-corrected chi connectivity index (χ0v) is 19.7. The van der Waals surface area contributed by atoms with Crippen molar-refractivity contribution in [2.24, 2.45) is 17.1 Å². The van der Waals surface area contributed by atoms with Gasteiger partial charge in [0.25, 0.3) is 0 Å². The topological polar surface area (TPSA) is 81.1 Å². The molecular weight excluding hydrogens is 441 g/mol. The lowest BCUT2D eigenvalue weighted by atomic mass is 9.61. The summed E-state index contributed by atoms with van der Waals surface area (Å²) in [7, 11) is 0. The van der Waals surface area contributed by atoms with Gasteiger partial charge in [-0.05, 0) is 97.9 Å². The molecule has 3 aromatic rings. The highest BCUT2D eigenvalue weighted by atomic mass is 19.1. The molecule has 5 nitrogen and oxygen atoms in total. The molecule has 0 aliphatic heterocycles. The summed E-state index contributed by atoms with van der Waals surface area (Å²) in [6, 6.07) is 14.3. The average Bonchev–Trinajstić information content (AvgIpc) is 3.56. The number of halogens is 1. The number of primary amides is 1. The molecule has 0 spiro atoms. The van der Waals surface area contributed by atoms with Gasteiger partial charge in [0.15, 0.2) is 0 Å². The van der Waals surface area contributed by atoms with Gasteiger partial charge in [0, 0.05) is 5.41 Å². The third kappa shape index (κ3) is 3.62. The van der Waals surface area contributed by atoms with E-state index in [1.165, 1.54) is 17.7 Å². The second kappa shape index (κ2) is 8.16. The molecule has 1 heterocycles. The number of aromatic nitrogens is 2. The molecule has 0 bridgehead atoms. The Kier molecular flexibility index (Phi) is 5.18.